The lowest BCUT2D eigenvalue weighted by atomic mass is 9.90. The van der Waals surface area contributed by atoms with E-state index in [9.17, 15) is 4.79 Å². The molecule has 1 aliphatic rings. The van der Waals surface area contributed by atoms with E-state index in [1.807, 2.05) is 0 Å². The predicted molar refractivity (Wildman–Crippen MR) is 45.0 cm³/mol. The van der Waals surface area contributed by atoms with E-state index in [1.165, 1.54) is 5.57 Å². The van der Waals surface area contributed by atoms with Crippen LogP contribution in [0.2, 0.25) is 0 Å². The quantitative estimate of drug-likeness (QED) is 0.591. The average molecular weight is 203 g/mol. The summed E-state index contributed by atoms with van der Waals surface area (Å²) in [6, 6.07) is 0. The highest BCUT2D eigenvalue weighted by Gasteiger charge is 2.19. The second kappa shape index (κ2) is 2.87. The zero-order valence-corrected chi connectivity index (χ0v) is 7.86. The molecule has 0 amide bonds. The first-order valence-electron chi connectivity index (χ1n) is 3.48. The van der Waals surface area contributed by atoms with Gasteiger partial charge in [0.05, 0.1) is 0 Å². The molecule has 0 saturated heterocycles. The number of carbonyl (C=O) groups excluding carboxylic acids is 1. The zero-order chi connectivity index (χ0) is 7.72. The first kappa shape index (κ1) is 7.99. The lowest BCUT2D eigenvalue weighted by molar-refractivity contribution is -0.119. The Hall–Kier alpha value is -0.110. The Labute approximate surface area is 69.6 Å². The fourth-order valence-corrected chi connectivity index (χ4v) is 1.85. The lowest BCUT2D eigenvalue weighted by Gasteiger charge is -2.18. The minimum Gasteiger partial charge on any atom is -0.299 e. The van der Waals surface area contributed by atoms with Crippen LogP contribution < -0.4 is 0 Å². The summed E-state index contributed by atoms with van der Waals surface area (Å²) in [7, 11) is 0. The van der Waals surface area contributed by atoms with Gasteiger partial charge in [-0.3, -0.25) is 4.79 Å². The standard InChI is InChI=1S/C8H11BrO/c1-5-3-7(10)4-8(9)6(5)2/h5H,3-4H2,1-2H3. The van der Waals surface area contributed by atoms with Gasteiger partial charge in [-0.15, -0.1) is 0 Å². The van der Waals surface area contributed by atoms with Crippen molar-refractivity contribution in [3.05, 3.63) is 10.1 Å². The maximum Gasteiger partial charge on any atom is 0.138 e. The normalized spacial score (nSPS) is 27.5. The van der Waals surface area contributed by atoms with Gasteiger partial charge < -0.3 is 0 Å². The monoisotopic (exact) mass is 202 g/mol. The molecule has 2 heteroatoms. The molecule has 0 aromatic heterocycles. The van der Waals surface area contributed by atoms with Crippen LogP contribution in [0.3, 0.4) is 0 Å². The molecule has 0 heterocycles. The third kappa shape index (κ3) is 1.48. The molecule has 1 atom stereocenters. The molecule has 10 heavy (non-hydrogen) atoms. The molecule has 0 N–H and O–H groups in total. The van der Waals surface area contributed by atoms with Crippen molar-refractivity contribution in [1.82, 2.24) is 0 Å². The molecule has 56 valence electrons. The third-order valence-electron chi connectivity index (χ3n) is 2.05. The van der Waals surface area contributed by atoms with Gasteiger partial charge in [-0.2, -0.15) is 0 Å². The van der Waals surface area contributed by atoms with Crippen LogP contribution in [0.15, 0.2) is 10.1 Å². The summed E-state index contributed by atoms with van der Waals surface area (Å²) >= 11 is 3.39. The van der Waals surface area contributed by atoms with Gasteiger partial charge in [0, 0.05) is 17.3 Å². The number of halogens is 1. The van der Waals surface area contributed by atoms with Crippen molar-refractivity contribution in [1.29, 1.82) is 0 Å². The highest BCUT2D eigenvalue weighted by molar-refractivity contribution is 9.11. The van der Waals surface area contributed by atoms with Gasteiger partial charge in [0.2, 0.25) is 0 Å². The van der Waals surface area contributed by atoms with E-state index in [2.05, 4.69) is 29.8 Å². The summed E-state index contributed by atoms with van der Waals surface area (Å²) in [5.41, 5.74) is 1.33. The number of rotatable bonds is 0. The summed E-state index contributed by atoms with van der Waals surface area (Å²) in [5, 5.41) is 0. The topological polar surface area (TPSA) is 17.1 Å². The van der Waals surface area contributed by atoms with E-state index < -0.39 is 0 Å². The van der Waals surface area contributed by atoms with Crippen LogP contribution >= 0.6 is 15.9 Å². The number of ketones is 1. The third-order valence-corrected chi connectivity index (χ3v) is 2.96. The van der Waals surface area contributed by atoms with Gasteiger partial charge in [-0.25, -0.2) is 0 Å². The van der Waals surface area contributed by atoms with Crippen molar-refractivity contribution in [2.24, 2.45) is 5.92 Å². The number of hydrogen-bond donors (Lipinski definition) is 0. The molecule has 0 spiro atoms. The Morgan fingerprint density at radius 3 is 2.70 bits per heavy atom. The molecule has 0 saturated carbocycles. The van der Waals surface area contributed by atoms with E-state index in [0.29, 0.717) is 18.1 Å². The van der Waals surface area contributed by atoms with Crippen LogP contribution in [0.5, 0.6) is 0 Å². The predicted octanol–water partition coefficient (Wildman–Crippen LogP) is 2.65. The molecule has 0 radical (unpaired) electrons. The molecule has 0 aliphatic heterocycles. The maximum absolute atomic E-state index is 11.0. The Morgan fingerprint density at radius 1 is 1.60 bits per heavy atom. The van der Waals surface area contributed by atoms with Gasteiger partial charge in [0.25, 0.3) is 0 Å². The molecule has 0 aromatic rings. The smallest absolute Gasteiger partial charge is 0.138 e. The summed E-state index contributed by atoms with van der Waals surface area (Å²) < 4.78 is 1.09. The first-order valence-corrected chi connectivity index (χ1v) is 4.27. The van der Waals surface area contributed by atoms with Gasteiger partial charge >= 0.3 is 0 Å². The summed E-state index contributed by atoms with van der Waals surface area (Å²) in [4.78, 5) is 11.0. The van der Waals surface area contributed by atoms with Crippen molar-refractivity contribution in [2.75, 3.05) is 0 Å². The van der Waals surface area contributed by atoms with Crippen LogP contribution in [0, 0.1) is 5.92 Å². The van der Waals surface area contributed by atoms with E-state index in [4.69, 9.17) is 0 Å². The van der Waals surface area contributed by atoms with Crippen molar-refractivity contribution in [3.63, 3.8) is 0 Å². The Morgan fingerprint density at radius 2 is 2.20 bits per heavy atom. The second-order valence-corrected chi connectivity index (χ2v) is 3.87. The van der Waals surface area contributed by atoms with Crippen molar-refractivity contribution in [3.8, 4) is 0 Å². The summed E-state index contributed by atoms with van der Waals surface area (Å²) in [5.74, 6) is 0.792. The fraction of sp³-hybridized carbons (Fsp3) is 0.625. The Balaban J connectivity index is 2.84. The van der Waals surface area contributed by atoms with Crippen molar-refractivity contribution < 1.29 is 4.79 Å². The molecule has 0 aromatic carbocycles. The molecule has 1 rings (SSSR count). The van der Waals surface area contributed by atoms with E-state index in [-0.39, 0.29) is 0 Å². The largest absolute Gasteiger partial charge is 0.299 e. The van der Waals surface area contributed by atoms with Gasteiger partial charge in [-0.1, -0.05) is 28.4 Å². The minimum atomic E-state index is 0.352. The Kier molecular flexibility index (Phi) is 2.29. The van der Waals surface area contributed by atoms with Crippen LogP contribution in [-0.4, -0.2) is 5.78 Å². The fourth-order valence-electron chi connectivity index (χ4n) is 1.15. The van der Waals surface area contributed by atoms with Gasteiger partial charge in [-0.05, 0) is 12.8 Å². The average Bonchev–Trinajstić information content (AvgIpc) is 1.82. The number of hydrogen-bond acceptors (Lipinski definition) is 1. The van der Waals surface area contributed by atoms with Crippen LogP contribution in [0.25, 0.3) is 0 Å². The number of Topliss-reactive ketones (excluding diaryl/α,β-unsaturated/α-hetero) is 1. The second-order valence-electron chi connectivity index (χ2n) is 2.91. The highest BCUT2D eigenvalue weighted by atomic mass is 79.9. The maximum atomic E-state index is 11.0. The molecular weight excluding hydrogens is 192 g/mol. The van der Waals surface area contributed by atoms with E-state index in [0.717, 1.165) is 10.9 Å². The van der Waals surface area contributed by atoms with Crippen LogP contribution in [0.1, 0.15) is 26.7 Å². The van der Waals surface area contributed by atoms with E-state index >= 15 is 0 Å². The summed E-state index contributed by atoms with van der Waals surface area (Å²) in [6.07, 6.45) is 1.33. The molecule has 1 nitrogen and oxygen atoms in total. The molecule has 0 fully saturated rings. The lowest BCUT2D eigenvalue weighted by Crippen LogP contribution is -2.13. The minimum absolute atomic E-state index is 0.352. The Bertz CT molecular complexity index is 193. The van der Waals surface area contributed by atoms with Gasteiger partial charge in [0.15, 0.2) is 0 Å². The summed E-state index contributed by atoms with van der Waals surface area (Å²) in [6.45, 7) is 4.18. The van der Waals surface area contributed by atoms with Gasteiger partial charge in [0.1, 0.15) is 5.78 Å². The number of allylic oxidation sites excluding steroid dienone is 2. The highest BCUT2D eigenvalue weighted by Crippen LogP contribution is 2.30. The molecule has 1 unspecified atom stereocenters. The zero-order valence-electron chi connectivity index (χ0n) is 6.28. The van der Waals surface area contributed by atoms with Crippen LogP contribution in [-0.2, 0) is 4.79 Å². The van der Waals surface area contributed by atoms with Crippen molar-refractivity contribution in [2.45, 2.75) is 26.7 Å². The molecular formula is C8H11BrO. The molecule has 1 aliphatic carbocycles. The first-order chi connectivity index (χ1) is 4.61. The van der Waals surface area contributed by atoms with Crippen LogP contribution in [0.4, 0.5) is 0 Å². The SMILES string of the molecule is CC1=C(Br)CC(=O)CC1C. The number of carbonyl (C=O) groups is 1. The van der Waals surface area contributed by atoms with E-state index in [1.54, 1.807) is 0 Å². The van der Waals surface area contributed by atoms with Crippen molar-refractivity contribution >= 4 is 21.7 Å². The molecule has 0 bridgehead atoms.